The Labute approximate surface area is 126 Å². The molecule has 2 N–H and O–H groups in total. The van der Waals surface area contributed by atoms with Gasteiger partial charge >= 0.3 is 0 Å². The highest BCUT2D eigenvalue weighted by Gasteiger charge is 2.07. The number of ether oxygens (including phenoxy) is 1. The van der Waals surface area contributed by atoms with Crippen LogP contribution in [-0.2, 0) is 0 Å². The molecule has 0 atom stereocenters. The van der Waals surface area contributed by atoms with Crippen molar-refractivity contribution in [3.05, 3.63) is 35.1 Å². The summed E-state index contributed by atoms with van der Waals surface area (Å²) in [6.07, 6.45) is 4.17. The molecule has 0 radical (unpaired) electrons. The van der Waals surface area contributed by atoms with Gasteiger partial charge in [0, 0.05) is 41.1 Å². The Hall–Kier alpha value is -1.66. The van der Waals surface area contributed by atoms with E-state index in [0.29, 0.717) is 18.9 Å². The monoisotopic (exact) mass is 337 g/mol. The molecule has 2 aromatic rings. The number of benzene rings is 1. The summed E-state index contributed by atoms with van der Waals surface area (Å²) in [4.78, 5) is 8.51. The lowest BCUT2D eigenvalue weighted by molar-refractivity contribution is 0.292. The normalized spacial score (nSPS) is 10.3. The highest BCUT2D eigenvalue weighted by atomic mass is 79.9. The SMILES string of the molecule is COc1ccc(Br)cc1-c1cnc(NCCCO)nc1. The molecule has 0 saturated heterocycles. The van der Waals surface area contributed by atoms with Crippen molar-refractivity contribution < 1.29 is 9.84 Å². The van der Waals surface area contributed by atoms with Crippen LogP contribution in [0.15, 0.2) is 35.1 Å². The molecule has 0 aliphatic carbocycles. The summed E-state index contributed by atoms with van der Waals surface area (Å²) in [7, 11) is 1.64. The first-order valence-corrected chi connectivity index (χ1v) is 7.04. The summed E-state index contributed by atoms with van der Waals surface area (Å²) < 4.78 is 6.32. The largest absolute Gasteiger partial charge is 0.496 e. The molecule has 0 spiro atoms. The van der Waals surface area contributed by atoms with E-state index in [0.717, 1.165) is 21.3 Å². The molecule has 2 rings (SSSR count). The van der Waals surface area contributed by atoms with E-state index in [1.54, 1.807) is 19.5 Å². The average molecular weight is 338 g/mol. The second kappa shape index (κ2) is 7.21. The zero-order valence-electron chi connectivity index (χ0n) is 11.1. The van der Waals surface area contributed by atoms with Gasteiger partial charge in [0.2, 0.25) is 5.95 Å². The maximum absolute atomic E-state index is 8.72. The molecule has 6 heteroatoms. The van der Waals surface area contributed by atoms with E-state index >= 15 is 0 Å². The van der Waals surface area contributed by atoms with Crippen molar-refractivity contribution in [2.24, 2.45) is 0 Å². The van der Waals surface area contributed by atoms with E-state index in [2.05, 4.69) is 31.2 Å². The fourth-order valence-corrected chi connectivity index (χ4v) is 2.10. The lowest BCUT2D eigenvalue weighted by Crippen LogP contribution is -2.06. The molecule has 0 aliphatic heterocycles. The van der Waals surface area contributed by atoms with E-state index in [4.69, 9.17) is 9.84 Å². The topological polar surface area (TPSA) is 67.3 Å². The molecule has 0 saturated carbocycles. The van der Waals surface area contributed by atoms with Gasteiger partial charge in [-0.1, -0.05) is 15.9 Å². The number of halogens is 1. The maximum Gasteiger partial charge on any atom is 0.222 e. The standard InChI is InChI=1S/C14H16BrN3O2/c1-20-13-4-3-11(15)7-12(13)10-8-17-14(18-9-10)16-5-2-6-19/h3-4,7-9,19H,2,5-6H2,1H3,(H,16,17,18). The number of nitrogens with one attached hydrogen (secondary N) is 1. The van der Waals surface area contributed by atoms with E-state index < -0.39 is 0 Å². The van der Waals surface area contributed by atoms with Crippen LogP contribution in [0.4, 0.5) is 5.95 Å². The van der Waals surface area contributed by atoms with Crippen molar-refractivity contribution in [1.29, 1.82) is 0 Å². The quantitative estimate of drug-likeness (QED) is 0.793. The Balaban J connectivity index is 2.19. The molecule has 0 fully saturated rings. The second-order valence-electron chi connectivity index (χ2n) is 4.14. The number of aliphatic hydroxyl groups is 1. The summed E-state index contributed by atoms with van der Waals surface area (Å²) in [6, 6.07) is 5.79. The molecular weight excluding hydrogens is 322 g/mol. The number of hydrogen-bond donors (Lipinski definition) is 2. The van der Waals surface area contributed by atoms with Gasteiger partial charge in [-0.25, -0.2) is 9.97 Å². The summed E-state index contributed by atoms with van der Waals surface area (Å²) in [5, 5.41) is 11.8. The predicted octanol–water partition coefficient (Wildman–Crippen LogP) is 2.71. The molecule has 106 valence electrons. The molecule has 0 amide bonds. The smallest absolute Gasteiger partial charge is 0.222 e. The van der Waals surface area contributed by atoms with Crippen molar-refractivity contribution >= 4 is 21.9 Å². The van der Waals surface area contributed by atoms with Crippen LogP contribution < -0.4 is 10.1 Å². The van der Waals surface area contributed by atoms with Crippen molar-refractivity contribution in [2.45, 2.75) is 6.42 Å². The molecule has 20 heavy (non-hydrogen) atoms. The number of nitrogens with zero attached hydrogens (tertiary/aromatic N) is 2. The Kier molecular flexibility index (Phi) is 5.31. The van der Waals surface area contributed by atoms with Crippen molar-refractivity contribution in [1.82, 2.24) is 9.97 Å². The number of methoxy groups -OCH3 is 1. The highest BCUT2D eigenvalue weighted by Crippen LogP contribution is 2.31. The zero-order valence-corrected chi connectivity index (χ0v) is 12.7. The number of anilines is 1. The Morgan fingerprint density at radius 1 is 1.30 bits per heavy atom. The second-order valence-corrected chi connectivity index (χ2v) is 5.06. The van der Waals surface area contributed by atoms with Gasteiger partial charge in [-0.3, -0.25) is 0 Å². The molecular formula is C14H16BrN3O2. The van der Waals surface area contributed by atoms with E-state index in [9.17, 15) is 0 Å². The first-order chi connectivity index (χ1) is 9.74. The minimum Gasteiger partial charge on any atom is -0.496 e. The molecule has 0 aliphatic rings. The van der Waals surface area contributed by atoms with Crippen LogP contribution in [0.5, 0.6) is 5.75 Å². The lowest BCUT2D eigenvalue weighted by Gasteiger charge is -2.09. The third-order valence-electron chi connectivity index (χ3n) is 2.74. The van der Waals surface area contributed by atoms with Crippen LogP contribution in [-0.4, -0.2) is 35.3 Å². The summed E-state index contributed by atoms with van der Waals surface area (Å²) in [5.74, 6) is 1.33. The maximum atomic E-state index is 8.72. The molecule has 1 heterocycles. The van der Waals surface area contributed by atoms with Crippen LogP contribution in [0.2, 0.25) is 0 Å². The van der Waals surface area contributed by atoms with E-state index in [-0.39, 0.29) is 6.61 Å². The third-order valence-corrected chi connectivity index (χ3v) is 3.24. The molecule has 1 aromatic carbocycles. The van der Waals surface area contributed by atoms with Gasteiger partial charge in [0.05, 0.1) is 7.11 Å². The van der Waals surface area contributed by atoms with Crippen LogP contribution >= 0.6 is 15.9 Å². The molecule has 0 unspecified atom stereocenters. The van der Waals surface area contributed by atoms with Crippen molar-refractivity contribution in [3.63, 3.8) is 0 Å². The average Bonchev–Trinajstić information content (AvgIpc) is 2.48. The fourth-order valence-electron chi connectivity index (χ4n) is 1.74. The minimum atomic E-state index is 0.153. The number of rotatable bonds is 6. The van der Waals surface area contributed by atoms with E-state index in [1.165, 1.54) is 0 Å². The number of hydrogen-bond acceptors (Lipinski definition) is 5. The Bertz CT molecular complexity index is 561. The molecule has 5 nitrogen and oxygen atoms in total. The van der Waals surface area contributed by atoms with Crippen molar-refractivity contribution in [2.75, 3.05) is 25.6 Å². The van der Waals surface area contributed by atoms with Gasteiger partial charge in [-0.05, 0) is 24.6 Å². The van der Waals surface area contributed by atoms with Crippen LogP contribution in [0.25, 0.3) is 11.1 Å². The van der Waals surface area contributed by atoms with Crippen molar-refractivity contribution in [3.8, 4) is 16.9 Å². The summed E-state index contributed by atoms with van der Waals surface area (Å²) in [6.45, 7) is 0.802. The Morgan fingerprint density at radius 2 is 2.05 bits per heavy atom. The highest BCUT2D eigenvalue weighted by molar-refractivity contribution is 9.10. The minimum absolute atomic E-state index is 0.153. The van der Waals surface area contributed by atoms with Crippen LogP contribution in [0, 0.1) is 0 Å². The van der Waals surface area contributed by atoms with E-state index in [1.807, 2.05) is 18.2 Å². The predicted molar refractivity (Wildman–Crippen MR) is 81.9 cm³/mol. The third kappa shape index (κ3) is 3.68. The summed E-state index contributed by atoms with van der Waals surface area (Å²) >= 11 is 3.45. The zero-order chi connectivity index (χ0) is 14.4. The lowest BCUT2D eigenvalue weighted by atomic mass is 10.1. The van der Waals surface area contributed by atoms with Crippen LogP contribution in [0.3, 0.4) is 0 Å². The van der Waals surface area contributed by atoms with Gasteiger partial charge in [0.25, 0.3) is 0 Å². The fraction of sp³-hybridized carbons (Fsp3) is 0.286. The van der Waals surface area contributed by atoms with Gasteiger partial charge < -0.3 is 15.2 Å². The first-order valence-electron chi connectivity index (χ1n) is 6.25. The first kappa shape index (κ1) is 14.7. The summed E-state index contributed by atoms with van der Waals surface area (Å²) in [5.41, 5.74) is 1.82. The van der Waals surface area contributed by atoms with Gasteiger partial charge in [0.1, 0.15) is 5.75 Å². The van der Waals surface area contributed by atoms with Gasteiger partial charge in [-0.2, -0.15) is 0 Å². The number of aromatic nitrogens is 2. The Morgan fingerprint density at radius 3 is 2.70 bits per heavy atom. The van der Waals surface area contributed by atoms with Crippen LogP contribution in [0.1, 0.15) is 6.42 Å². The molecule has 0 bridgehead atoms. The molecule has 1 aromatic heterocycles. The van der Waals surface area contributed by atoms with Gasteiger partial charge in [-0.15, -0.1) is 0 Å². The van der Waals surface area contributed by atoms with Gasteiger partial charge in [0.15, 0.2) is 0 Å². The number of aliphatic hydroxyl groups excluding tert-OH is 1.